The van der Waals surface area contributed by atoms with Crippen molar-refractivity contribution in [3.8, 4) is 0 Å². The van der Waals surface area contributed by atoms with Crippen LogP contribution in [0.15, 0.2) is 0 Å². The van der Waals surface area contributed by atoms with Gasteiger partial charge in [0.05, 0.1) is 19.1 Å². The summed E-state index contributed by atoms with van der Waals surface area (Å²) in [7, 11) is 1.87. The lowest BCUT2D eigenvalue weighted by Gasteiger charge is -2.16. The lowest BCUT2D eigenvalue weighted by atomic mass is 9.97. The zero-order valence-electron chi connectivity index (χ0n) is 15.5. The molecular formula is C18H35N3O6. The van der Waals surface area contributed by atoms with Gasteiger partial charge in [-0.25, -0.2) is 0 Å². The van der Waals surface area contributed by atoms with Gasteiger partial charge in [-0.1, -0.05) is 20.8 Å². The molecule has 0 aliphatic carbocycles. The Kier molecular flexibility index (Phi) is 16.3. The second-order valence-corrected chi connectivity index (χ2v) is 6.16. The molecule has 0 rings (SSSR count). The molecule has 0 aliphatic rings. The third-order valence-corrected chi connectivity index (χ3v) is 4.03. The number of nitrogens with one attached hydrogen (secondary N) is 3. The highest BCUT2D eigenvalue weighted by Gasteiger charge is 2.22. The van der Waals surface area contributed by atoms with Crippen molar-refractivity contribution in [2.75, 3.05) is 33.3 Å². The van der Waals surface area contributed by atoms with E-state index in [4.69, 9.17) is 5.11 Å². The molecule has 9 nitrogen and oxygen atoms in total. The van der Waals surface area contributed by atoms with Crippen LogP contribution in [0.25, 0.3) is 0 Å². The molecule has 2 unspecified atom stereocenters. The molecule has 0 aliphatic heterocycles. The third-order valence-electron chi connectivity index (χ3n) is 4.03. The molecule has 27 heavy (non-hydrogen) atoms. The van der Waals surface area contributed by atoms with E-state index in [2.05, 4.69) is 16.0 Å². The highest BCUT2D eigenvalue weighted by Crippen LogP contribution is 2.12. The maximum Gasteiger partial charge on any atom is 0.322 e. The number of rotatable bonds is 15. The predicted octanol–water partition coefficient (Wildman–Crippen LogP) is -0.0769. The van der Waals surface area contributed by atoms with Crippen molar-refractivity contribution in [3.05, 3.63) is 0 Å². The molecular weight excluding hydrogens is 354 g/mol. The second kappa shape index (κ2) is 16.2. The summed E-state index contributed by atoms with van der Waals surface area (Å²) in [5.41, 5.74) is 0. The molecule has 0 heterocycles. The average Bonchev–Trinajstić information content (AvgIpc) is 2.62. The number of hydrogen-bond donors (Lipinski definition) is 5. The summed E-state index contributed by atoms with van der Waals surface area (Å²) in [4.78, 5) is 46.2. The Morgan fingerprint density at radius 1 is 0.963 bits per heavy atom. The number of carbonyl (C=O) groups excluding carboxylic acids is 3. The third kappa shape index (κ3) is 12.9. The molecule has 2 amide bonds. The Bertz CT molecular complexity index is 470. The number of carboxylic acids is 1. The van der Waals surface area contributed by atoms with Gasteiger partial charge in [0.25, 0.3) is 0 Å². The van der Waals surface area contributed by atoms with Crippen molar-refractivity contribution in [1.82, 2.24) is 16.0 Å². The molecule has 2 atom stereocenters. The number of aliphatic hydroxyl groups is 1. The summed E-state index contributed by atoms with van der Waals surface area (Å²) in [5.74, 6) is -3.69. The van der Waals surface area contributed by atoms with Gasteiger partial charge in [-0.05, 0) is 32.9 Å². The van der Waals surface area contributed by atoms with Crippen LogP contribution in [0.5, 0.6) is 0 Å². The van der Waals surface area contributed by atoms with Crippen LogP contribution in [0.2, 0.25) is 0 Å². The lowest BCUT2D eigenvalue weighted by Crippen LogP contribution is -2.39. The fourth-order valence-corrected chi connectivity index (χ4v) is 2.44. The van der Waals surface area contributed by atoms with Crippen LogP contribution in [0.1, 0.15) is 46.5 Å². The minimum atomic E-state index is -1.21. The van der Waals surface area contributed by atoms with Gasteiger partial charge in [-0.2, -0.15) is 0 Å². The summed E-state index contributed by atoms with van der Waals surface area (Å²) in [6, 6.07) is 0. The van der Waals surface area contributed by atoms with Crippen LogP contribution >= 0.6 is 0 Å². The molecule has 0 saturated carbocycles. The van der Waals surface area contributed by atoms with E-state index in [1.54, 1.807) is 0 Å². The smallest absolute Gasteiger partial charge is 0.322 e. The Labute approximate surface area is 161 Å². The molecule has 0 spiro atoms. The van der Waals surface area contributed by atoms with Crippen LogP contribution in [0, 0.1) is 11.8 Å². The van der Waals surface area contributed by atoms with Crippen molar-refractivity contribution in [2.45, 2.75) is 46.5 Å². The van der Waals surface area contributed by atoms with Crippen LogP contribution in [-0.4, -0.2) is 67.1 Å². The fraction of sp³-hybridized carbons (Fsp3) is 0.778. The normalized spacial score (nSPS) is 12.4. The summed E-state index contributed by atoms with van der Waals surface area (Å²) < 4.78 is 0. The highest BCUT2D eigenvalue weighted by molar-refractivity contribution is 5.91. The lowest BCUT2D eigenvalue weighted by molar-refractivity contribution is -0.139. The van der Waals surface area contributed by atoms with Crippen LogP contribution < -0.4 is 16.0 Å². The summed E-state index contributed by atoms with van der Waals surface area (Å²) in [5, 5.41) is 25.5. The van der Waals surface area contributed by atoms with Crippen molar-refractivity contribution < 1.29 is 29.4 Å². The van der Waals surface area contributed by atoms with Gasteiger partial charge in [0.15, 0.2) is 5.78 Å². The van der Waals surface area contributed by atoms with Crippen LogP contribution in [-0.2, 0) is 19.2 Å². The van der Waals surface area contributed by atoms with E-state index in [0.717, 1.165) is 25.8 Å². The molecule has 0 aromatic rings. The first-order valence-corrected chi connectivity index (χ1v) is 8.90. The Morgan fingerprint density at radius 2 is 1.56 bits per heavy atom. The molecule has 158 valence electrons. The van der Waals surface area contributed by atoms with E-state index in [9.17, 15) is 24.3 Å². The summed E-state index contributed by atoms with van der Waals surface area (Å²) >= 11 is 0. The number of ketones is 1. The minimum Gasteiger partial charge on any atom is -0.480 e. The van der Waals surface area contributed by atoms with Crippen molar-refractivity contribution in [3.63, 3.8) is 0 Å². The first kappa shape index (κ1) is 27.2. The molecule has 0 fully saturated rings. The monoisotopic (exact) mass is 389 g/mol. The summed E-state index contributed by atoms with van der Waals surface area (Å²) in [6.07, 6.45) is 3.05. The number of Topliss-reactive ketones (excluding diaryl/α,β-unsaturated/α-hetero) is 1. The van der Waals surface area contributed by atoms with Gasteiger partial charge in [0, 0.05) is 12.3 Å². The molecule has 0 aromatic heterocycles. The van der Waals surface area contributed by atoms with Crippen molar-refractivity contribution >= 4 is 23.6 Å². The second-order valence-electron chi connectivity index (χ2n) is 6.16. The average molecular weight is 389 g/mol. The zero-order chi connectivity index (χ0) is 19.9. The number of carboxylic acid groups (broad SMARTS) is 1. The minimum absolute atomic E-state index is 0. The fourth-order valence-electron chi connectivity index (χ4n) is 2.44. The van der Waals surface area contributed by atoms with Gasteiger partial charge in [0.2, 0.25) is 11.8 Å². The van der Waals surface area contributed by atoms with E-state index in [1.165, 1.54) is 0 Å². The van der Waals surface area contributed by atoms with Crippen LogP contribution in [0.4, 0.5) is 0 Å². The van der Waals surface area contributed by atoms with Crippen molar-refractivity contribution in [2.24, 2.45) is 11.8 Å². The molecule has 0 radical (unpaired) electrons. The quantitative estimate of drug-likeness (QED) is 0.246. The van der Waals surface area contributed by atoms with Gasteiger partial charge in [-0.15, -0.1) is 0 Å². The zero-order valence-corrected chi connectivity index (χ0v) is 15.5. The number of hydrogen-bond acceptors (Lipinski definition) is 6. The molecule has 5 N–H and O–H groups in total. The van der Waals surface area contributed by atoms with Crippen LogP contribution in [0.3, 0.4) is 0 Å². The van der Waals surface area contributed by atoms with Gasteiger partial charge in [0.1, 0.15) is 6.54 Å². The van der Waals surface area contributed by atoms with Crippen molar-refractivity contribution in [1.29, 1.82) is 0 Å². The highest BCUT2D eigenvalue weighted by atomic mass is 16.4. The SMILES string of the molecule is C.CCC(CCCCNC)C(=O)NCC(=O)CC(CO)C(=O)NCC(=O)O. The first-order valence-electron chi connectivity index (χ1n) is 8.90. The topological polar surface area (TPSA) is 145 Å². The van der Waals surface area contributed by atoms with Gasteiger partial charge >= 0.3 is 5.97 Å². The van der Waals surface area contributed by atoms with E-state index in [-0.39, 0.29) is 32.2 Å². The maximum absolute atomic E-state index is 12.1. The van der Waals surface area contributed by atoms with Gasteiger partial charge < -0.3 is 26.2 Å². The molecule has 0 aromatic carbocycles. The van der Waals surface area contributed by atoms with E-state index >= 15 is 0 Å². The largest absolute Gasteiger partial charge is 0.480 e. The maximum atomic E-state index is 12.1. The summed E-state index contributed by atoms with van der Waals surface area (Å²) in [6.45, 7) is 1.44. The van der Waals surface area contributed by atoms with E-state index in [1.807, 2.05) is 14.0 Å². The van der Waals surface area contributed by atoms with E-state index in [0.29, 0.717) is 6.42 Å². The molecule has 0 saturated heterocycles. The number of aliphatic carboxylic acids is 1. The standard InChI is InChI=1S/C17H31N3O6.CH4/c1-3-12(6-4-5-7-18-2)16(25)19-9-14(22)8-13(11-21)17(26)20-10-15(23)24;/h12-13,18,21H,3-11H2,1-2H3,(H,19,25)(H,20,26)(H,23,24);1H4. The van der Waals surface area contributed by atoms with E-state index < -0.39 is 36.7 Å². The Hall–Kier alpha value is -2.00. The number of unbranched alkanes of at least 4 members (excludes halogenated alkanes) is 1. The number of carbonyl (C=O) groups is 4. The Morgan fingerprint density at radius 3 is 2.07 bits per heavy atom. The van der Waals surface area contributed by atoms with Gasteiger partial charge in [-0.3, -0.25) is 19.2 Å². The predicted molar refractivity (Wildman–Crippen MR) is 102 cm³/mol. The number of amides is 2. The molecule has 9 heteroatoms. The first-order chi connectivity index (χ1) is 12.3. The molecule has 0 bridgehead atoms. The Balaban J connectivity index is 0. The number of aliphatic hydroxyl groups excluding tert-OH is 1.